The summed E-state index contributed by atoms with van der Waals surface area (Å²) in [6.07, 6.45) is 5.76. The number of hydrogen-bond donors (Lipinski definition) is 1. The van der Waals surface area contributed by atoms with E-state index in [0.717, 1.165) is 6.54 Å². The smallest absolute Gasteiger partial charge is 0.0135 e. The lowest BCUT2D eigenvalue weighted by molar-refractivity contribution is 0.735. The first-order chi connectivity index (χ1) is 4.50. The Kier molecular flexibility index (Phi) is 3.89. The van der Waals surface area contributed by atoms with Crippen molar-refractivity contribution in [2.75, 3.05) is 24.6 Å². The molecule has 1 N–H and O–H groups in total. The summed E-state index contributed by atoms with van der Waals surface area (Å²) in [5, 5.41) is 3.33. The molecule has 0 radical (unpaired) electrons. The number of rotatable bonds is 0. The minimum absolute atomic E-state index is 1.06. The van der Waals surface area contributed by atoms with Crippen molar-refractivity contribution in [3.8, 4) is 0 Å². The maximum atomic E-state index is 3.33. The zero-order chi connectivity index (χ0) is 6.36. The van der Waals surface area contributed by atoms with Gasteiger partial charge in [-0.3, -0.25) is 0 Å². The summed E-state index contributed by atoms with van der Waals surface area (Å²) < 4.78 is 0. The second-order valence-electron chi connectivity index (χ2n) is 2.10. The molecule has 0 atom stereocenters. The molecule has 9 heavy (non-hydrogen) atoms. The van der Waals surface area contributed by atoms with E-state index in [1.54, 1.807) is 0 Å². The van der Waals surface area contributed by atoms with Gasteiger partial charge in [-0.25, -0.2) is 0 Å². The quantitative estimate of drug-likeness (QED) is 0.512. The third kappa shape index (κ3) is 3.60. The van der Waals surface area contributed by atoms with E-state index >= 15 is 0 Å². The first-order valence-electron chi connectivity index (χ1n) is 3.43. The molecular weight excluding hydrogens is 130 g/mol. The van der Waals surface area contributed by atoms with Gasteiger partial charge in [0, 0.05) is 12.3 Å². The van der Waals surface area contributed by atoms with Gasteiger partial charge in [0.25, 0.3) is 0 Å². The van der Waals surface area contributed by atoms with Crippen LogP contribution in [0.4, 0.5) is 0 Å². The molecule has 2 heteroatoms. The van der Waals surface area contributed by atoms with Crippen molar-refractivity contribution in [2.24, 2.45) is 0 Å². The van der Waals surface area contributed by atoms with E-state index in [1.807, 2.05) is 11.8 Å². The molecule has 52 valence electrons. The third-order valence-electron chi connectivity index (χ3n) is 1.29. The highest BCUT2D eigenvalue weighted by Gasteiger charge is 1.89. The van der Waals surface area contributed by atoms with Crippen molar-refractivity contribution in [2.45, 2.75) is 6.42 Å². The van der Waals surface area contributed by atoms with Gasteiger partial charge in [-0.2, -0.15) is 11.8 Å². The molecule has 1 rings (SSSR count). The first kappa shape index (κ1) is 7.16. The Labute approximate surface area is 60.9 Å². The van der Waals surface area contributed by atoms with Crippen molar-refractivity contribution >= 4 is 11.8 Å². The fraction of sp³-hybridized carbons (Fsp3) is 0.714. The van der Waals surface area contributed by atoms with E-state index in [4.69, 9.17) is 0 Å². The van der Waals surface area contributed by atoms with Gasteiger partial charge in [-0.1, -0.05) is 12.2 Å². The molecule has 0 saturated carbocycles. The lowest BCUT2D eigenvalue weighted by Gasteiger charge is -1.96. The number of hydrogen-bond acceptors (Lipinski definition) is 2. The predicted octanol–water partition coefficient (Wildman–Crippen LogP) is 1.27. The summed E-state index contributed by atoms with van der Waals surface area (Å²) in [4.78, 5) is 0. The average Bonchev–Trinajstić information content (AvgIpc) is 2.00. The Balaban J connectivity index is 2.15. The molecule has 0 aromatic carbocycles. The molecule has 1 heterocycles. The maximum absolute atomic E-state index is 3.33. The topological polar surface area (TPSA) is 12.0 Å². The fourth-order valence-electron chi connectivity index (χ4n) is 0.787. The molecule has 0 amide bonds. The van der Waals surface area contributed by atoms with E-state index in [0.29, 0.717) is 0 Å². The molecule has 0 fully saturated rings. The van der Waals surface area contributed by atoms with Crippen LogP contribution >= 0.6 is 11.8 Å². The molecule has 0 spiro atoms. The van der Waals surface area contributed by atoms with Crippen LogP contribution < -0.4 is 5.32 Å². The summed E-state index contributed by atoms with van der Waals surface area (Å²) in [7, 11) is 0. The summed E-state index contributed by atoms with van der Waals surface area (Å²) in [6.45, 7) is 2.23. The summed E-state index contributed by atoms with van der Waals surface area (Å²) in [6, 6.07) is 0. The third-order valence-corrected chi connectivity index (χ3v) is 2.29. The SMILES string of the molecule is C1=C\CSCCCNC/1. The second-order valence-corrected chi connectivity index (χ2v) is 3.25. The maximum Gasteiger partial charge on any atom is 0.0135 e. The van der Waals surface area contributed by atoms with Crippen LogP contribution in [0.5, 0.6) is 0 Å². The molecule has 1 nitrogen and oxygen atoms in total. The van der Waals surface area contributed by atoms with E-state index in [-0.39, 0.29) is 0 Å². The highest BCUT2D eigenvalue weighted by atomic mass is 32.2. The van der Waals surface area contributed by atoms with E-state index in [1.165, 1.54) is 24.5 Å². The van der Waals surface area contributed by atoms with Crippen LogP contribution in [-0.4, -0.2) is 24.6 Å². The lowest BCUT2D eigenvalue weighted by Crippen LogP contribution is -2.14. The Bertz CT molecular complexity index is 80.9. The van der Waals surface area contributed by atoms with Crippen molar-refractivity contribution in [3.63, 3.8) is 0 Å². The van der Waals surface area contributed by atoms with Crippen LogP contribution in [0.2, 0.25) is 0 Å². The zero-order valence-corrected chi connectivity index (χ0v) is 6.41. The molecule has 0 bridgehead atoms. The van der Waals surface area contributed by atoms with Crippen LogP contribution in [0.3, 0.4) is 0 Å². The normalized spacial score (nSPS) is 25.8. The molecule has 0 aliphatic carbocycles. The highest BCUT2D eigenvalue weighted by Crippen LogP contribution is 2.02. The highest BCUT2D eigenvalue weighted by molar-refractivity contribution is 7.99. The van der Waals surface area contributed by atoms with Gasteiger partial charge >= 0.3 is 0 Å². The summed E-state index contributed by atoms with van der Waals surface area (Å²) >= 11 is 2.02. The molecule has 1 aliphatic rings. The predicted molar refractivity (Wildman–Crippen MR) is 44.0 cm³/mol. The minimum Gasteiger partial charge on any atom is -0.313 e. The van der Waals surface area contributed by atoms with E-state index in [2.05, 4.69) is 17.5 Å². The summed E-state index contributed by atoms with van der Waals surface area (Å²) in [5.74, 6) is 2.50. The molecule has 0 aromatic heterocycles. The molecular formula is C7H13NS. The van der Waals surface area contributed by atoms with Gasteiger partial charge < -0.3 is 5.32 Å². The van der Waals surface area contributed by atoms with Crippen LogP contribution in [0.15, 0.2) is 12.2 Å². The van der Waals surface area contributed by atoms with Crippen LogP contribution in [0.1, 0.15) is 6.42 Å². The van der Waals surface area contributed by atoms with Gasteiger partial charge in [0.1, 0.15) is 0 Å². The molecule has 1 aliphatic heterocycles. The van der Waals surface area contributed by atoms with E-state index in [9.17, 15) is 0 Å². The number of nitrogens with one attached hydrogen (secondary N) is 1. The standard InChI is InChI=1S/C7H13NS/c1-2-6-9-7-3-5-8-4-1/h1-2,8H,3-7H2/b2-1-. The van der Waals surface area contributed by atoms with Crippen molar-refractivity contribution < 1.29 is 0 Å². The Morgan fingerprint density at radius 2 is 2.33 bits per heavy atom. The molecule has 0 unspecified atom stereocenters. The van der Waals surface area contributed by atoms with Crippen molar-refractivity contribution in [3.05, 3.63) is 12.2 Å². The Morgan fingerprint density at radius 1 is 1.33 bits per heavy atom. The van der Waals surface area contributed by atoms with Gasteiger partial charge in [-0.05, 0) is 18.7 Å². The van der Waals surface area contributed by atoms with Crippen LogP contribution in [0, 0.1) is 0 Å². The van der Waals surface area contributed by atoms with Crippen LogP contribution in [-0.2, 0) is 0 Å². The van der Waals surface area contributed by atoms with Crippen molar-refractivity contribution in [1.29, 1.82) is 0 Å². The lowest BCUT2D eigenvalue weighted by atomic mass is 10.4. The Morgan fingerprint density at radius 3 is 3.33 bits per heavy atom. The summed E-state index contributed by atoms with van der Waals surface area (Å²) in [5.41, 5.74) is 0. The molecule has 0 aromatic rings. The fourth-order valence-corrected chi connectivity index (χ4v) is 1.57. The Hall–Kier alpha value is 0.0500. The van der Waals surface area contributed by atoms with Gasteiger partial charge in [-0.15, -0.1) is 0 Å². The van der Waals surface area contributed by atoms with Gasteiger partial charge in [0.2, 0.25) is 0 Å². The minimum atomic E-state index is 1.06. The monoisotopic (exact) mass is 143 g/mol. The molecule has 0 saturated heterocycles. The van der Waals surface area contributed by atoms with Gasteiger partial charge in [0.05, 0.1) is 0 Å². The zero-order valence-electron chi connectivity index (χ0n) is 5.60. The average molecular weight is 143 g/mol. The largest absolute Gasteiger partial charge is 0.313 e. The van der Waals surface area contributed by atoms with Gasteiger partial charge in [0.15, 0.2) is 0 Å². The first-order valence-corrected chi connectivity index (χ1v) is 4.59. The second kappa shape index (κ2) is 4.89. The van der Waals surface area contributed by atoms with Crippen LogP contribution in [0.25, 0.3) is 0 Å². The number of thioether (sulfide) groups is 1. The van der Waals surface area contributed by atoms with E-state index < -0.39 is 0 Å². The van der Waals surface area contributed by atoms with Crippen molar-refractivity contribution in [1.82, 2.24) is 5.32 Å².